The topological polar surface area (TPSA) is 82.0 Å². The summed E-state index contributed by atoms with van der Waals surface area (Å²) in [6.45, 7) is 4.69. The first-order valence-corrected chi connectivity index (χ1v) is 9.94. The van der Waals surface area contributed by atoms with Crippen LogP contribution in [0.1, 0.15) is 43.7 Å². The Balaban J connectivity index is 1.74. The van der Waals surface area contributed by atoms with Crippen molar-refractivity contribution in [3.05, 3.63) is 35.4 Å². The normalized spacial score (nSPS) is 22.0. The van der Waals surface area contributed by atoms with E-state index in [0.717, 1.165) is 37.9 Å². The lowest BCUT2D eigenvalue weighted by atomic mass is 9.78. The van der Waals surface area contributed by atoms with E-state index in [-0.39, 0.29) is 24.3 Å². The average molecular weight is 371 g/mol. The number of hydrogen-bond acceptors (Lipinski definition) is 3. The molecule has 0 bridgehead atoms. The van der Waals surface area contributed by atoms with Crippen LogP contribution >= 0.6 is 0 Å². The molecule has 0 aromatic heterocycles. The van der Waals surface area contributed by atoms with Crippen LogP contribution in [0.25, 0.3) is 0 Å². The van der Waals surface area contributed by atoms with Crippen LogP contribution in [-0.2, 0) is 11.2 Å². The van der Waals surface area contributed by atoms with Gasteiger partial charge in [-0.05, 0) is 48.6 Å². The number of nitrogens with zero attached hydrogens (tertiary/aromatic N) is 2. The Labute approximate surface area is 160 Å². The van der Waals surface area contributed by atoms with Gasteiger partial charge in [-0.3, -0.25) is 9.79 Å². The molecule has 2 heterocycles. The van der Waals surface area contributed by atoms with E-state index in [2.05, 4.69) is 23.5 Å². The Morgan fingerprint density at radius 2 is 2.11 bits per heavy atom. The van der Waals surface area contributed by atoms with Crippen molar-refractivity contribution in [3.8, 4) is 0 Å². The van der Waals surface area contributed by atoms with Crippen LogP contribution in [0.2, 0.25) is 0 Å². The van der Waals surface area contributed by atoms with Gasteiger partial charge in [0, 0.05) is 38.3 Å². The van der Waals surface area contributed by atoms with E-state index in [9.17, 15) is 14.7 Å². The summed E-state index contributed by atoms with van der Waals surface area (Å²) in [7, 11) is 0. The number of carbonyl (C=O) groups excluding carboxylic acids is 1. The molecule has 0 radical (unpaired) electrons. The van der Waals surface area contributed by atoms with Crippen LogP contribution in [0.5, 0.6) is 0 Å². The standard InChI is InChI=1S/C21H29N3O3/c1-2-9-23-21(27)24-11-8-16(13-20(25)26)17(14-24)12-19-18-6-4-3-5-15(18)7-10-22-19/h3-6,16-17H,2,7-14H2,1H3,(H,23,27)(H,25,26)/t16-,17-/m0/s1. The van der Waals surface area contributed by atoms with Crippen molar-refractivity contribution in [3.63, 3.8) is 0 Å². The molecule has 1 aromatic carbocycles. The number of amides is 2. The van der Waals surface area contributed by atoms with Crippen LogP contribution in [-0.4, -0.2) is 53.9 Å². The Hall–Kier alpha value is -2.37. The molecule has 2 aliphatic heterocycles. The minimum Gasteiger partial charge on any atom is -0.481 e. The summed E-state index contributed by atoms with van der Waals surface area (Å²) in [5, 5.41) is 12.3. The maximum absolute atomic E-state index is 12.4. The molecule has 1 aromatic rings. The Bertz CT molecular complexity index is 716. The molecule has 0 spiro atoms. The van der Waals surface area contributed by atoms with Crippen molar-refractivity contribution in [1.29, 1.82) is 0 Å². The van der Waals surface area contributed by atoms with Gasteiger partial charge < -0.3 is 15.3 Å². The lowest BCUT2D eigenvalue weighted by Gasteiger charge is -2.38. The van der Waals surface area contributed by atoms with E-state index in [4.69, 9.17) is 4.99 Å². The molecular weight excluding hydrogens is 342 g/mol. The van der Waals surface area contributed by atoms with Gasteiger partial charge in [0.2, 0.25) is 0 Å². The molecule has 1 fully saturated rings. The highest BCUT2D eigenvalue weighted by Gasteiger charge is 2.34. The van der Waals surface area contributed by atoms with Gasteiger partial charge in [-0.2, -0.15) is 0 Å². The highest BCUT2D eigenvalue weighted by atomic mass is 16.4. The second kappa shape index (κ2) is 9.02. The predicted octanol–water partition coefficient (Wildman–Crippen LogP) is 2.95. The number of fused-ring (bicyclic) bond motifs is 1. The summed E-state index contributed by atoms with van der Waals surface area (Å²) in [5.74, 6) is -0.568. The summed E-state index contributed by atoms with van der Waals surface area (Å²) in [6, 6.07) is 8.29. The molecule has 1 saturated heterocycles. The van der Waals surface area contributed by atoms with Crippen molar-refractivity contribution in [2.45, 2.75) is 39.0 Å². The molecule has 2 amide bonds. The van der Waals surface area contributed by atoms with E-state index in [0.29, 0.717) is 19.6 Å². The maximum atomic E-state index is 12.4. The number of aliphatic carboxylic acids is 1. The minimum absolute atomic E-state index is 0.0402. The average Bonchev–Trinajstić information content (AvgIpc) is 2.67. The minimum atomic E-state index is -0.764. The van der Waals surface area contributed by atoms with Gasteiger partial charge in [0.05, 0.1) is 0 Å². The molecule has 2 aliphatic rings. The van der Waals surface area contributed by atoms with E-state index in [1.54, 1.807) is 0 Å². The number of benzene rings is 1. The first-order chi connectivity index (χ1) is 13.1. The van der Waals surface area contributed by atoms with E-state index in [1.165, 1.54) is 11.1 Å². The summed E-state index contributed by atoms with van der Waals surface area (Å²) in [6.07, 6.45) is 3.47. The molecule has 6 nitrogen and oxygen atoms in total. The molecular formula is C21H29N3O3. The zero-order valence-corrected chi connectivity index (χ0v) is 16.0. The third-order valence-electron chi connectivity index (χ3n) is 5.61. The lowest BCUT2D eigenvalue weighted by Crippen LogP contribution is -2.49. The van der Waals surface area contributed by atoms with E-state index in [1.807, 2.05) is 17.9 Å². The lowest BCUT2D eigenvalue weighted by molar-refractivity contribution is -0.138. The van der Waals surface area contributed by atoms with Crippen molar-refractivity contribution >= 4 is 17.7 Å². The highest BCUT2D eigenvalue weighted by Crippen LogP contribution is 2.32. The number of likely N-dealkylation sites (tertiary alicyclic amines) is 1. The first-order valence-electron chi connectivity index (χ1n) is 9.94. The van der Waals surface area contributed by atoms with Gasteiger partial charge in [-0.15, -0.1) is 0 Å². The summed E-state index contributed by atoms with van der Waals surface area (Å²) in [4.78, 5) is 30.3. The monoisotopic (exact) mass is 371 g/mol. The van der Waals surface area contributed by atoms with Crippen LogP contribution in [0.15, 0.2) is 29.3 Å². The van der Waals surface area contributed by atoms with Crippen molar-refractivity contribution in [2.24, 2.45) is 16.8 Å². The fourth-order valence-corrected chi connectivity index (χ4v) is 4.17. The Morgan fingerprint density at radius 1 is 1.30 bits per heavy atom. The van der Waals surface area contributed by atoms with Crippen molar-refractivity contribution in [1.82, 2.24) is 10.2 Å². The molecule has 0 unspecified atom stereocenters. The van der Waals surface area contributed by atoms with Crippen LogP contribution in [0, 0.1) is 11.8 Å². The molecule has 2 N–H and O–H groups in total. The number of piperidine rings is 1. The molecule has 6 heteroatoms. The van der Waals surface area contributed by atoms with Gasteiger partial charge in [0.1, 0.15) is 0 Å². The van der Waals surface area contributed by atoms with Crippen LogP contribution in [0.4, 0.5) is 4.79 Å². The number of carboxylic acids is 1. The van der Waals surface area contributed by atoms with E-state index < -0.39 is 5.97 Å². The molecule has 3 rings (SSSR count). The number of rotatable bonds is 6. The zero-order valence-electron chi connectivity index (χ0n) is 16.0. The van der Waals surface area contributed by atoms with Crippen LogP contribution < -0.4 is 5.32 Å². The van der Waals surface area contributed by atoms with Gasteiger partial charge in [-0.1, -0.05) is 31.2 Å². The molecule has 0 saturated carbocycles. The maximum Gasteiger partial charge on any atom is 0.317 e. The van der Waals surface area contributed by atoms with Crippen molar-refractivity contribution < 1.29 is 14.7 Å². The first kappa shape index (κ1) is 19.4. The Morgan fingerprint density at radius 3 is 2.89 bits per heavy atom. The van der Waals surface area contributed by atoms with Crippen molar-refractivity contribution in [2.75, 3.05) is 26.2 Å². The summed E-state index contributed by atoms with van der Waals surface area (Å²) in [5.41, 5.74) is 3.56. The summed E-state index contributed by atoms with van der Waals surface area (Å²) < 4.78 is 0. The fourth-order valence-electron chi connectivity index (χ4n) is 4.17. The van der Waals surface area contributed by atoms with Gasteiger partial charge >= 0.3 is 12.0 Å². The van der Waals surface area contributed by atoms with E-state index >= 15 is 0 Å². The zero-order chi connectivity index (χ0) is 19.2. The SMILES string of the molecule is CCCNC(=O)N1CC[C@@H](CC(=O)O)[C@@H](CC2=NCCc3ccccc32)C1. The largest absolute Gasteiger partial charge is 0.481 e. The fraction of sp³-hybridized carbons (Fsp3) is 0.571. The van der Waals surface area contributed by atoms with Gasteiger partial charge in [0.25, 0.3) is 0 Å². The second-order valence-corrected chi connectivity index (χ2v) is 7.52. The molecule has 146 valence electrons. The molecule has 27 heavy (non-hydrogen) atoms. The number of carbonyl (C=O) groups is 2. The number of carboxylic acid groups (broad SMARTS) is 1. The molecule has 0 aliphatic carbocycles. The van der Waals surface area contributed by atoms with Gasteiger partial charge in [0.15, 0.2) is 0 Å². The highest BCUT2D eigenvalue weighted by molar-refractivity contribution is 6.02. The smallest absolute Gasteiger partial charge is 0.317 e. The number of aliphatic imine (C=N–C) groups is 1. The number of hydrogen-bond donors (Lipinski definition) is 2. The third-order valence-corrected chi connectivity index (χ3v) is 5.61. The van der Waals surface area contributed by atoms with Crippen LogP contribution in [0.3, 0.4) is 0 Å². The number of urea groups is 1. The predicted molar refractivity (Wildman–Crippen MR) is 105 cm³/mol. The van der Waals surface area contributed by atoms with Gasteiger partial charge in [-0.25, -0.2) is 4.79 Å². The second-order valence-electron chi connectivity index (χ2n) is 7.52. The summed E-state index contributed by atoms with van der Waals surface area (Å²) >= 11 is 0. The molecule has 2 atom stereocenters. The Kier molecular flexibility index (Phi) is 6.48. The quantitative estimate of drug-likeness (QED) is 0.807. The number of nitrogens with one attached hydrogen (secondary N) is 1. The third kappa shape index (κ3) is 4.87.